The average Bonchev–Trinajstić information content (AvgIpc) is 3.17. The Morgan fingerprint density at radius 3 is 2.74 bits per heavy atom. The van der Waals surface area contributed by atoms with Crippen molar-refractivity contribution in [2.45, 2.75) is 18.5 Å². The summed E-state index contributed by atoms with van der Waals surface area (Å²) in [4.78, 5) is 6.63. The third kappa shape index (κ3) is 3.14. The van der Waals surface area contributed by atoms with E-state index in [1.807, 2.05) is 55.6 Å². The molecule has 138 valence electrons. The van der Waals surface area contributed by atoms with E-state index in [4.69, 9.17) is 20.4 Å². The van der Waals surface area contributed by atoms with Crippen LogP contribution < -0.4 is 0 Å². The van der Waals surface area contributed by atoms with Crippen molar-refractivity contribution >= 4 is 58.2 Å². The molecule has 5 rings (SSSR count). The van der Waals surface area contributed by atoms with Crippen molar-refractivity contribution in [3.8, 4) is 0 Å². The fourth-order valence-corrected chi connectivity index (χ4v) is 3.80. The van der Waals surface area contributed by atoms with E-state index in [-0.39, 0.29) is 17.9 Å². The van der Waals surface area contributed by atoms with Crippen LogP contribution in [-0.2, 0) is 13.0 Å². The Bertz CT molecular complexity index is 1110. The number of oxazole rings is 1. The van der Waals surface area contributed by atoms with Gasteiger partial charge in [0.15, 0.2) is 5.58 Å². The van der Waals surface area contributed by atoms with Gasteiger partial charge in [-0.2, -0.15) is 0 Å². The lowest BCUT2D eigenvalue weighted by Crippen LogP contribution is -2.26. The molecule has 0 radical (unpaired) electrons. The van der Waals surface area contributed by atoms with Gasteiger partial charge >= 0.3 is 0 Å². The maximum atomic E-state index is 6.53. The lowest BCUT2D eigenvalue weighted by Gasteiger charge is -2.19. The van der Waals surface area contributed by atoms with Crippen molar-refractivity contribution in [3.05, 3.63) is 65.2 Å². The van der Waals surface area contributed by atoms with Crippen LogP contribution in [0.3, 0.4) is 0 Å². The molecular weight excluding hydrogens is 383 g/mol. The molecule has 1 atom stereocenters. The number of alkyl halides is 1. The van der Waals surface area contributed by atoms with E-state index in [0.717, 1.165) is 41.0 Å². The summed E-state index contributed by atoms with van der Waals surface area (Å²) in [6.07, 6.45) is 4.60. The van der Waals surface area contributed by atoms with E-state index < -0.39 is 0 Å². The molecule has 4 nitrogen and oxygen atoms in total. The minimum absolute atomic E-state index is 0. The molecule has 1 aliphatic rings. The Morgan fingerprint density at radius 2 is 1.89 bits per heavy atom. The molecule has 2 aromatic heterocycles. The van der Waals surface area contributed by atoms with E-state index in [2.05, 4.69) is 16.0 Å². The van der Waals surface area contributed by atoms with Crippen LogP contribution in [0.2, 0.25) is 0 Å². The van der Waals surface area contributed by atoms with Crippen molar-refractivity contribution in [2.75, 3.05) is 7.05 Å². The highest BCUT2D eigenvalue weighted by Crippen LogP contribution is 2.35. The van der Waals surface area contributed by atoms with Gasteiger partial charge in [0, 0.05) is 30.0 Å². The summed E-state index contributed by atoms with van der Waals surface area (Å²) >= 11 is 6.53. The van der Waals surface area contributed by atoms with Gasteiger partial charge in [0.2, 0.25) is 5.89 Å². The first-order valence-electron chi connectivity index (χ1n) is 8.60. The lowest BCUT2D eigenvalue weighted by atomic mass is 10.0. The number of halogens is 2. The van der Waals surface area contributed by atoms with Crippen LogP contribution >= 0.6 is 24.0 Å². The minimum Gasteiger partial charge on any atom is -0.456 e. The van der Waals surface area contributed by atoms with Gasteiger partial charge in [-0.25, -0.2) is 4.98 Å². The third-order valence-electron chi connectivity index (χ3n) is 4.89. The van der Waals surface area contributed by atoms with Crippen LogP contribution in [0.1, 0.15) is 22.8 Å². The molecule has 0 N–H and O–H groups in total. The van der Waals surface area contributed by atoms with E-state index in [9.17, 15) is 0 Å². The second-order valence-electron chi connectivity index (χ2n) is 6.64. The molecule has 0 amide bonds. The molecule has 2 aromatic carbocycles. The topological polar surface area (TPSA) is 42.4 Å². The Kier molecular flexibility index (Phi) is 4.72. The van der Waals surface area contributed by atoms with Gasteiger partial charge in [-0.3, -0.25) is 4.90 Å². The molecule has 27 heavy (non-hydrogen) atoms. The summed E-state index contributed by atoms with van der Waals surface area (Å²) < 4.78 is 11.9. The van der Waals surface area contributed by atoms with Gasteiger partial charge < -0.3 is 8.83 Å². The quantitative estimate of drug-likeness (QED) is 0.318. The van der Waals surface area contributed by atoms with Gasteiger partial charge in [-0.1, -0.05) is 24.3 Å². The van der Waals surface area contributed by atoms with Gasteiger partial charge in [0.25, 0.3) is 0 Å². The summed E-state index contributed by atoms with van der Waals surface area (Å²) in [6, 6.07) is 13.9. The molecule has 0 fully saturated rings. The van der Waals surface area contributed by atoms with Gasteiger partial charge in [0.1, 0.15) is 16.9 Å². The molecule has 6 heteroatoms. The van der Waals surface area contributed by atoms with Crippen molar-refractivity contribution < 1.29 is 8.83 Å². The van der Waals surface area contributed by atoms with Crippen LogP contribution in [-0.4, -0.2) is 22.4 Å². The molecular formula is C21H18Cl2N2O2. The molecule has 0 saturated carbocycles. The molecule has 0 spiro atoms. The Balaban J connectivity index is 0.00000180. The van der Waals surface area contributed by atoms with Crippen molar-refractivity contribution in [1.82, 2.24) is 9.88 Å². The first-order valence-corrected chi connectivity index (χ1v) is 9.04. The highest BCUT2D eigenvalue weighted by atomic mass is 35.5. The molecule has 3 heterocycles. The standard InChI is InChI=1S/C21H17ClN2O2.ClH/c1-24-12-14-16(9-10-20-23-15-6-2-3-7-17(15)26-20)25-18-8-4-5-13(21(14)18)11-19(24)22;/h2-10,19H,11-12H2,1H3;1H. The first-order chi connectivity index (χ1) is 12.7. The van der Waals surface area contributed by atoms with Crippen LogP contribution in [0, 0.1) is 0 Å². The van der Waals surface area contributed by atoms with E-state index in [1.165, 1.54) is 10.9 Å². The number of hydrogen-bond donors (Lipinski definition) is 0. The van der Waals surface area contributed by atoms with Crippen LogP contribution in [0.25, 0.3) is 34.2 Å². The van der Waals surface area contributed by atoms with Crippen molar-refractivity contribution in [2.24, 2.45) is 0 Å². The largest absolute Gasteiger partial charge is 0.456 e. The normalized spacial score (nSPS) is 17.5. The van der Waals surface area contributed by atoms with Crippen LogP contribution in [0.5, 0.6) is 0 Å². The number of furan rings is 1. The molecule has 0 aliphatic carbocycles. The number of likely N-dealkylation sites (N-methyl/N-ethyl adjacent to an activating group) is 1. The second-order valence-corrected chi connectivity index (χ2v) is 7.15. The van der Waals surface area contributed by atoms with Crippen LogP contribution in [0.15, 0.2) is 51.3 Å². The number of aromatic nitrogens is 1. The third-order valence-corrected chi connectivity index (χ3v) is 5.38. The van der Waals surface area contributed by atoms with E-state index >= 15 is 0 Å². The predicted octanol–water partition coefficient (Wildman–Crippen LogP) is 5.72. The second kappa shape index (κ2) is 7.04. The number of para-hydroxylation sites is 2. The summed E-state index contributed by atoms with van der Waals surface area (Å²) in [5, 5.41) is 1.18. The smallest absolute Gasteiger partial charge is 0.220 e. The number of rotatable bonds is 2. The maximum absolute atomic E-state index is 6.53. The molecule has 4 aromatic rings. The predicted molar refractivity (Wildman–Crippen MR) is 111 cm³/mol. The Hall–Kier alpha value is -2.27. The summed E-state index contributed by atoms with van der Waals surface area (Å²) in [5.41, 5.74) is 4.89. The average molecular weight is 401 g/mol. The molecule has 0 saturated heterocycles. The van der Waals surface area contributed by atoms with Crippen LogP contribution in [0.4, 0.5) is 0 Å². The highest BCUT2D eigenvalue weighted by molar-refractivity contribution is 6.20. The highest BCUT2D eigenvalue weighted by Gasteiger charge is 2.25. The molecule has 0 bridgehead atoms. The number of benzene rings is 2. The number of nitrogens with zero attached hydrogens (tertiary/aromatic N) is 2. The number of hydrogen-bond acceptors (Lipinski definition) is 4. The van der Waals surface area contributed by atoms with Crippen molar-refractivity contribution in [3.63, 3.8) is 0 Å². The maximum Gasteiger partial charge on any atom is 0.220 e. The lowest BCUT2D eigenvalue weighted by molar-refractivity contribution is 0.302. The SMILES string of the molecule is CN1Cc2c(C=Cc3nc4ccccc4o3)oc3cccc(c23)CC1Cl.Cl. The fourth-order valence-electron chi connectivity index (χ4n) is 3.56. The zero-order chi connectivity index (χ0) is 17.7. The van der Waals surface area contributed by atoms with Crippen molar-refractivity contribution in [1.29, 1.82) is 0 Å². The number of fused-ring (bicyclic) bond motifs is 1. The molecule has 1 aliphatic heterocycles. The van der Waals surface area contributed by atoms with Gasteiger partial charge in [0.05, 0.1) is 5.50 Å². The first kappa shape index (κ1) is 18.1. The fraction of sp³-hybridized carbons (Fsp3) is 0.190. The van der Waals surface area contributed by atoms with Gasteiger partial charge in [-0.15, -0.1) is 24.0 Å². The zero-order valence-electron chi connectivity index (χ0n) is 14.7. The summed E-state index contributed by atoms with van der Waals surface area (Å²) in [5.74, 6) is 1.39. The Morgan fingerprint density at radius 1 is 1.07 bits per heavy atom. The monoisotopic (exact) mass is 400 g/mol. The summed E-state index contributed by atoms with van der Waals surface area (Å²) in [7, 11) is 2.04. The van der Waals surface area contributed by atoms with E-state index in [0.29, 0.717) is 5.89 Å². The zero-order valence-corrected chi connectivity index (χ0v) is 16.3. The Labute approximate surface area is 167 Å². The minimum atomic E-state index is -0.0260. The van der Waals surface area contributed by atoms with Gasteiger partial charge in [-0.05, 0) is 36.9 Å². The summed E-state index contributed by atoms with van der Waals surface area (Å²) in [6.45, 7) is 0.741. The molecule has 1 unspecified atom stereocenters. The van der Waals surface area contributed by atoms with E-state index in [1.54, 1.807) is 0 Å².